The van der Waals surface area contributed by atoms with Crippen LogP contribution in [0, 0.1) is 11.7 Å². The fourth-order valence-corrected chi connectivity index (χ4v) is 3.35. The van der Waals surface area contributed by atoms with E-state index in [1.165, 1.54) is 30.0 Å². The van der Waals surface area contributed by atoms with Gasteiger partial charge in [-0.1, -0.05) is 25.6 Å². The lowest BCUT2D eigenvalue weighted by Gasteiger charge is -2.06. The van der Waals surface area contributed by atoms with E-state index in [0.717, 1.165) is 23.1 Å². The molecule has 0 aliphatic heterocycles. The molecule has 0 radical (unpaired) electrons. The van der Waals surface area contributed by atoms with Gasteiger partial charge in [0.2, 0.25) is 0 Å². The number of nitrogens with one attached hydrogen (secondary N) is 1. The largest absolute Gasteiger partial charge is 0.357 e. The summed E-state index contributed by atoms with van der Waals surface area (Å²) >= 11 is 1.51. The van der Waals surface area contributed by atoms with Crippen molar-refractivity contribution in [3.8, 4) is 0 Å². The Morgan fingerprint density at radius 2 is 2.08 bits per heavy atom. The Morgan fingerprint density at radius 1 is 1.29 bits per heavy atom. The normalized spacial score (nSPS) is 11.5. The number of aromatic nitrogens is 4. The smallest absolute Gasteiger partial charge is 0.191 e. The van der Waals surface area contributed by atoms with Gasteiger partial charge >= 0.3 is 0 Å². The van der Waals surface area contributed by atoms with Crippen LogP contribution in [0.1, 0.15) is 25.4 Å². The SMILES string of the molecule is CC(C)Cc1nnc(SCc2cc(=O)c3cc(F)ccc3[nH]2)n1C. The summed E-state index contributed by atoms with van der Waals surface area (Å²) < 4.78 is 15.2. The Bertz CT molecular complexity index is 932. The molecule has 0 unspecified atom stereocenters. The van der Waals surface area contributed by atoms with Gasteiger partial charge in [0.1, 0.15) is 11.6 Å². The zero-order chi connectivity index (χ0) is 17.3. The Kier molecular flexibility index (Phi) is 4.71. The molecule has 0 aliphatic rings. The molecule has 126 valence electrons. The minimum absolute atomic E-state index is 0.183. The number of benzene rings is 1. The van der Waals surface area contributed by atoms with Gasteiger partial charge in [0.05, 0.1) is 0 Å². The number of hydrogen-bond acceptors (Lipinski definition) is 4. The van der Waals surface area contributed by atoms with E-state index in [2.05, 4.69) is 29.0 Å². The lowest BCUT2D eigenvalue weighted by Crippen LogP contribution is -2.05. The molecule has 5 nitrogen and oxygen atoms in total. The first-order chi connectivity index (χ1) is 11.4. The fourth-order valence-electron chi connectivity index (χ4n) is 2.51. The van der Waals surface area contributed by atoms with Gasteiger partial charge in [0, 0.05) is 41.9 Å². The average molecular weight is 346 g/mol. The molecule has 0 spiro atoms. The lowest BCUT2D eigenvalue weighted by atomic mass is 10.1. The summed E-state index contributed by atoms with van der Waals surface area (Å²) in [7, 11) is 1.95. The number of fused-ring (bicyclic) bond motifs is 1. The summed E-state index contributed by atoms with van der Waals surface area (Å²) in [6.45, 7) is 4.29. The van der Waals surface area contributed by atoms with Gasteiger partial charge in [-0.25, -0.2) is 4.39 Å². The number of thioether (sulfide) groups is 1. The number of nitrogens with zero attached hydrogens (tertiary/aromatic N) is 3. The van der Waals surface area contributed by atoms with Gasteiger partial charge in [-0.3, -0.25) is 4.79 Å². The average Bonchev–Trinajstić information content (AvgIpc) is 2.86. The van der Waals surface area contributed by atoms with Crippen molar-refractivity contribution in [3.05, 3.63) is 51.8 Å². The molecule has 0 fully saturated rings. The molecule has 3 aromatic rings. The Balaban J connectivity index is 1.80. The van der Waals surface area contributed by atoms with Gasteiger partial charge < -0.3 is 9.55 Å². The Labute approximate surface area is 143 Å². The molecule has 3 rings (SSSR count). The van der Waals surface area contributed by atoms with Crippen LogP contribution in [0.4, 0.5) is 4.39 Å². The maximum atomic E-state index is 13.2. The van der Waals surface area contributed by atoms with Crippen LogP contribution in [0.25, 0.3) is 10.9 Å². The van der Waals surface area contributed by atoms with Crippen LogP contribution < -0.4 is 5.43 Å². The first kappa shape index (κ1) is 16.7. The van der Waals surface area contributed by atoms with Crippen molar-refractivity contribution in [1.82, 2.24) is 19.7 Å². The van der Waals surface area contributed by atoms with Crippen molar-refractivity contribution in [3.63, 3.8) is 0 Å². The van der Waals surface area contributed by atoms with Crippen LogP contribution in [-0.4, -0.2) is 19.7 Å². The highest BCUT2D eigenvalue weighted by molar-refractivity contribution is 7.98. The lowest BCUT2D eigenvalue weighted by molar-refractivity contribution is 0.593. The number of H-pyrrole nitrogens is 1. The predicted octanol–water partition coefficient (Wildman–Crippen LogP) is 3.29. The van der Waals surface area contributed by atoms with E-state index in [9.17, 15) is 9.18 Å². The number of pyridine rings is 1. The van der Waals surface area contributed by atoms with Gasteiger partial charge in [0.25, 0.3) is 0 Å². The second kappa shape index (κ2) is 6.76. The van der Waals surface area contributed by atoms with Crippen LogP contribution in [0.3, 0.4) is 0 Å². The van der Waals surface area contributed by atoms with Gasteiger partial charge in [-0.2, -0.15) is 0 Å². The van der Waals surface area contributed by atoms with Crippen molar-refractivity contribution >= 4 is 22.7 Å². The molecule has 1 aromatic carbocycles. The van der Waals surface area contributed by atoms with Gasteiger partial charge in [0.15, 0.2) is 10.6 Å². The molecule has 0 amide bonds. The van der Waals surface area contributed by atoms with E-state index >= 15 is 0 Å². The van der Waals surface area contributed by atoms with E-state index < -0.39 is 5.82 Å². The highest BCUT2D eigenvalue weighted by Crippen LogP contribution is 2.21. The molecular weight excluding hydrogens is 327 g/mol. The molecule has 2 heterocycles. The number of hydrogen-bond donors (Lipinski definition) is 1. The van der Waals surface area contributed by atoms with Crippen molar-refractivity contribution in [2.24, 2.45) is 13.0 Å². The maximum absolute atomic E-state index is 13.2. The number of halogens is 1. The molecule has 7 heteroatoms. The Hall–Kier alpha value is -2.15. The minimum Gasteiger partial charge on any atom is -0.357 e. The van der Waals surface area contributed by atoms with Crippen LogP contribution >= 0.6 is 11.8 Å². The molecule has 1 N–H and O–H groups in total. The molecule has 0 saturated carbocycles. The third-order valence-corrected chi connectivity index (χ3v) is 4.79. The molecule has 2 aromatic heterocycles. The van der Waals surface area contributed by atoms with Crippen LogP contribution in [0.5, 0.6) is 0 Å². The predicted molar refractivity (Wildman–Crippen MR) is 93.6 cm³/mol. The summed E-state index contributed by atoms with van der Waals surface area (Å²) in [6.07, 6.45) is 0.877. The molecular formula is C17H19FN4OS. The fraction of sp³-hybridized carbons (Fsp3) is 0.353. The zero-order valence-corrected chi connectivity index (χ0v) is 14.7. The van der Waals surface area contributed by atoms with Gasteiger partial charge in [-0.05, 0) is 24.1 Å². The van der Waals surface area contributed by atoms with Crippen molar-refractivity contribution in [1.29, 1.82) is 0 Å². The Morgan fingerprint density at radius 3 is 2.83 bits per heavy atom. The first-order valence-corrected chi connectivity index (χ1v) is 8.75. The maximum Gasteiger partial charge on any atom is 0.191 e. The molecule has 0 saturated heterocycles. The summed E-state index contributed by atoms with van der Waals surface area (Å²) in [5, 5.41) is 9.61. The quantitative estimate of drug-likeness (QED) is 0.720. The summed E-state index contributed by atoms with van der Waals surface area (Å²) in [5.74, 6) is 1.63. The first-order valence-electron chi connectivity index (χ1n) is 7.76. The summed E-state index contributed by atoms with van der Waals surface area (Å²) in [4.78, 5) is 15.3. The van der Waals surface area contributed by atoms with E-state index in [-0.39, 0.29) is 5.43 Å². The van der Waals surface area contributed by atoms with Crippen LogP contribution in [0.15, 0.2) is 34.2 Å². The minimum atomic E-state index is -0.410. The van der Waals surface area contributed by atoms with Crippen molar-refractivity contribution in [2.75, 3.05) is 0 Å². The number of aromatic amines is 1. The molecule has 0 bridgehead atoms. The monoisotopic (exact) mass is 346 g/mol. The van der Waals surface area contributed by atoms with E-state index in [0.29, 0.717) is 22.6 Å². The second-order valence-corrected chi connectivity index (χ2v) is 7.14. The number of rotatable bonds is 5. The zero-order valence-electron chi connectivity index (χ0n) is 13.8. The van der Waals surface area contributed by atoms with Crippen molar-refractivity contribution in [2.45, 2.75) is 31.2 Å². The van der Waals surface area contributed by atoms with Crippen LogP contribution in [-0.2, 0) is 19.2 Å². The standard InChI is InChI=1S/C17H19FN4OS/c1-10(2)6-16-20-21-17(22(16)3)24-9-12-8-15(23)13-7-11(18)4-5-14(13)19-12/h4-5,7-8,10H,6,9H2,1-3H3,(H,19,23). The van der Waals surface area contributed by atoms with Crippen LogP contribution in [0.2, 0.25) is 0 Å². The second-order valence-electron chi connectivity index (χ2n) is 6.19. The summed E-state index contributed by atoms with van der Waals surface area (Å²) in [5.41, 5.74) is 1.23. The topological polar surface area (TPSA) is 63.6 Å². The molecule has 0 aliphatic carbocycles. The highest BCUT2D eigenvalue weighted by atomic mass is 32.2. The summed E-state index contributed by atoms with van der Waals surface area (Å²) in [6, 6.07) is 5.70. The van der Waals surface area contributed by atoms with Crippen molar-refractivity contribution < 1.29 is 4.39 Å². The van der Waals surface area contributed by atoms with E-state index in [1.54, 1.807) is 6.07 Å². The van der Waals surface area contributed by atoms with E-state index in [4.69, 9.17) is 0 Å². The highest BCUT2D eigenvalue weighted by Gasteiger charge is 2.11. The van der Waals surface area contributed by atoms with Gasteiger partial charge in [-0.15, -0.1) is 10.2 Å². The molecule has 0 atom stereocenters. The third kappa shape index (κ3) is 3.51. The van der Waals surface area contributed by atoms with E-state index in [1.807, 2.05) is 11.6 Å². The molecule has 24 heavy (non-hydrogen) atoms. The third-order valence-electron chi connectivity index (χ3n) is 3.72.